The zero-order valence-corrected chi connectivity index (χ0v) is 10.2. The van der Waals surface area contributed by atoms with Crippen LogP contribution >= 0.6 is 22.9 Å². The van der Waals surface area contributed by atoms with Gasteiger partial charge in [-0.15, -0.1) is 11.3 Å². The van der Waals surface area contributed by atoms with Crippen molar-refractivity contribution in [1.82, 2.24) is 0 Å². The van der Waals surface area contributed by atoms with Crippen LogP contribution in [0.25, 0.3) is 0 Å². The number of carbonyl (C=O) groups excluding carboxylic acids is 1. The summed E-state index contributed by atoms with van der Waals surface area (Å²) in [6.07, 6.45) is 0. The molecule has 2 nitrogen and oxygen atoms in total. The number of anilines is 1. The number of rotatable bonds is 2. The summed E-state index contributed by atoms with van der Waals surface area (Å²) in [6, 6.07) is 9.32. The quantitative estimate of drug-likeness (QED) is 0.860. The highest BCUT2D eigenvalue weighted by Crippen LogP contribution is 2.27. The maximum atomic E-state index is 11.9. The summed E-state index contributed by atoms with van der Waals surface area (Å²) in [6.45, 7) is 1.89. The van der Waals surface area contributed by atoms with Crippen LogP contribution in [-0.4, -0.2) is 5.91 Å². The summed E-state index contributed by atoms with van der Waals surface area (Å²) >= 11 is 7.38. The van der Waals surface area contributed by atoms with Gasteiger partial charge in [0.05, 0.1) is 5.02 Å². The molecule has 0 aliphatic rings. The predicted molar refractivity (Wildman–Crippen MR) is 68.5 cm³/mol. The first-order valence-electron chi connectivity index (χ1n) is 4.78. The first-order valence-corrected chi connectivity index (χ1v) is 6.04. The summed E-state index contributed by atoms with van der Waals surface area (Å²) in [7, 11) is 0. The van der Waals surface area contributed by atoms with Crippen molar-refractivity contribution in [1.29, 1.82) is 0 Å². The zero-order valence-electron chi connectivity index (χ0n) is 8.66. The Morgan fingerprint density at radius 1 is 1.31 bits per heavy atom. The molecule has 1 heterocycles. The molecule has 2 rings (SSSR count). The van der Waals surface area contributed by atoms with Gasteiger partial charge in [0.15, 0.2) is 0 Å². The second kappa shape index (κ2) is 4.68. The molecule has 0 unspecified atom stereocenters. The van der Waals surface area contributed by atoms with E-state index in [9.17, 15) is 4.79 Å². The molecule has 1 amide bonds. The number of thiophene rings is 1. The molecule has 0 bridgehead atoms. The van der Waals surface area contributed by atoms with Gasteiger partial charge in [0, 0.05) is 5.69 Å². The van der Waals surface area contributed by atoms with Gasteiger partial charge in [0.2, 0.25) is 0 Å². The maximum Gasteiger partial charge on any atom is 0.267 e. The summed E-state index contributed by atoms with van der Waals surface area (Å²) in [5.41, 5.74) is 1.71. The Bertz CT molecular complexity index is 507. The van der Waals surface area contributed by atoms with Gasteiger partial charge in [-0.1, -0.05) is 29.8 Å². The van der Waals surface area contributed by atoms with E-state index in [-0.39, 0.29) is 5.91 Å². The number of benzene rings is 1. The van der Waals surface area contributed by atoms with Crippen LogP contribution < -0.4 is 5.32 Å². The molecular weight excluding hydrogens is 242 g/mol. The zero-order chi connectivity index (χ0) is 11.5. The van der Waals surface area contributed by atoms with E-state index < -0.39 is 0 Å². The lowest BCUT2D eigenvalue weighted by atomic mass is 10.3. The van der Waals surface area contributed by atoms with E-state index in [1.54, 1.807) is 0 Å². The van der Waals surface area contributed by atoms with Crippen molar-refractivity contribution in [3.63, 3.8) is 0 Å². The van der Waals surface area contributed by atoms with E-state index in [4.69, 9.17) is 11.6 Å². The average molecular weight is 252 g/mol. The minimum atomic E-state index is -0.158. The molecule has 0 saturated carbocycles. The molecule has 0 saturated heterocycles. The number of nitrogens with one attached hydrogen (secondary N) is 1. The average Bonchev–Trinajstić information content (AvgIpc) is 2.61. The van der Waals surface area contributed by atoms with Crippen LogP contribution in [0.2, 0.25) is 5.02 Å². The topological polar surface area (TPSA) is 29.1 Å². The van der Waals surface area contributed by atoms with Crippen LogP contribution in [-0.2, 0) is 0 Å². The van der Waals surface area contributed by atoms with E-state index in [0.29, 0.717) is 9.90 Å². The minimum Gasteiger partial charge on any atom is -0.321 e. The van der Waals surface area contributed by atoms with Crippen molar-refractivity contribution in [3.8, 4) is 0 Å². The third-order valence-electron chi connectivity index (χ3n) is 2.14. The van der Waals surface area contributed by atoms with Crippen LogP contribution in [0.4, 0.5) is 5.69 Å². The van der Waals surface area contributed by atoms with Gasteiger partial charge >= 0.3 is 0 Å². The highest BCUT2D eigenvalue weighted by atomic mass is 35.5. The highest BCUT2D eigenvalue weighted by molar-refractivity contribution is 7.13. The number of carbonyl (C=O) groups is 1. The second-order valence-electron chi connectivity index (χ2n) is 3.38. The lowest BCUT2D eigenvalue weighted by molar-refractivity contribution is 0.103. The molecule has 1 N–H and O–H groups in total. The number of amides is 1. The molecule has 4 heteroatoms. The first kappa shape index (κ1) is 11.2. The Balaban J connectivity index is 2.18. The van der Waals surface area contributed by atoms with Crippen molar-refractivity contribution in [2.24, 2.45) is 0 Å². The fourth-order valence-electron chi connectivity index (χ4n) is 1.29. The van der Waals surface area contributed by atoms with Crippen LogP contribution in [0.1, 0.15) is 15.2 Å². The van der Waals surface area contributed by atoms with E-state index in [0.717, 1.165) is 11.3 Å². The number of hydrogen-bond acceptors (Lipinski definition) is 2. The lowest BCUT2D eigenvalue weighted by Crippen LogP contribution is -2.10. The number of halogens is 1. The van der Waals surface area contributed by atoms with E-state index in [2.05, 4.69) is 5.32 Å². The SMILES string of the molecule is Cc1csc(C(=O)Nc2ccccc2)c1Cl. The van der Waals surface area contributed by atoms with Crippen LogP contribution in [0.5, 0.6) is 0 Å². The van der Waals surface area contributed by atoms with E-state index >= 15 is 0 Å². The summed E-state index contributed by atoms with van der Waals surface area (Å²) in [4.78, 5) is 12.4. The Kier molecular flexibility index (Phi) is 3.27. The molecule has 0 spiro atoms. The van der Waals surface area contributed by atoms with Crippen LogP contribution in [0.3, 0.4) is 0 Å². The van der Waals surface area contributed by atoms with Crippen molar-refractivity contribution in [2.45, 2.75) is 6.92 Å². The normalized spacial score (nSPS) is 10.1. The number of hydrogen-bond donors (Lipinski definition) is 1. The van der Waals surface area contributed by atoms with Gasteiger partial charge in [-0.25, -0.2) is 0 Å². The van der Waals surface area contributed by atoms with Gasteiger partial charge < -0.3 is 5.32 Å². The molecule has 0 atom stereocenters. The summed E-state index contributed by atoms with van der Waals surface area (Å²) in [5.74, 6) is -0.158. The maximum absolute atomic E-state index is 11.9. The van der Waals surface area contributed by atoms with Crippen molar-refractivity contribution in [3.05, 3.63) is 51.2 Å². The third kappa shape index (κ3) is 2.26. The van der Waals surface area contributed by atoms with Crippen LogP contribution in [0.15, 0.2) is 35.7 Å². The molecule has 2 aromatic rings. The Hall–Kier alpha value is -1.32. The standard InChI is InChI=1S/C12H10ClNOS/c1-8-7-16-11(10(8)13)12(15)14-9-5-3-2-4-6-9/h2-7H,1H3,(H,14,15). The Morgan fingerprint density at radius 3 is 2.56 bits per heavy atom. The number of aryl methyl sites for hydroxylation is 1. The highest BCUT2D eigenvalue weighted by Gasteiger charge is 2.14. The molecule has 0 fully saturated rings. The van der Waals surface area contributed by atoms with Crippen molar-refractivity contribution in [2.75, 3.05) is 5.32 Å². The molecule has 0 aliphatic heterocycles. The molecule has 0 radical (unpaired) electrons. The molecule has 1 aromatic carbocycles. The molecule has 1 aromatic heterocycles. The lowest BCUT2D eigenvalue weighted by Gasteiger charge is -2.03. The first-order chi connectivity index (χ1) is 7.68. The van der Waals surface area contributed by atoms with Gasteiger partial charge in [-0.3, -0.25) is 4.79 Å². The Morgan fingerprint density at radius 2 is 2.00 bits per heavy atom. The molecule has 16 heavy (non-hydrogen) atoms. The van der Waals surface area contributed by atoms with Gasteiger partial charge in [-0.05, 0) is 30.0 Å². The fourth-order valence-corrected chi connectivity index (χ4v) is 2.47. The van der Waals surface area contributed by atoms with Crippen molar-refractivity contribution < 1.29 is 4.79 Å². The summed E-state index contributed by atoms with van der Waals surface area (Å²) < 4.78 is 0. The fraction of sp³-hybridized carbons (Fsp3) is 0.0833. The van der Waals surface area contributed by atoms with Gasteiger partial charge in [-0.2, -0.15) is 0 Å². The van der Waals surface area contributed by atoms with Gasteiger partial charge in [0.1, 0.15) is 4.88 Å². The van der Waals surface area contributed by atoms with E-state index in [1.807, 2.05) is 42.6 Å². The monoisotopic (exact) mass is 251 g/mol. The van der Waals surface area contributed by atoms with Gasteiger partial charge in [0.25, 0.3) is 5.91 Å². The smallest absolute Gasteiger partial charge is 0.267 e. The van der Waals surface area contributed by atoms with Crippen molar-refractivity contribution >= 4 is 34.5 Å². The minimum absolute atomic E-state index is 0.158. The third-order valence-corrected chi connectivity index (χ3v) is 3.83. The second-order valence-corrected chi connectivity index (χ2v) is 4.64. The summed E-state index contributed by atoms with van der Waals surface area (Å²) in [5, 5.41) is 5.22. The van der Waals surface area contributed by atoms with E-state index in [1.165, 1.54) is 11.3 Å². The number of para-hydroxylation sites is 1. The molecule has 82 valence electrons. The largest absolute Gasteiger partial charge is 0.321 e. The molecular formula is C12H10ClNOS. The molecule has 0 aliphatic carbocycles. The Labute approximate surface area is 103 Å². The van der Waals surface area contributed by atoms with Crippen LogP contribution in [0, 0.1) is 6.92 Å². The predicted octanol–water partition coefficient (Wildman–Crippen LogP) is 3.96.